The number of aromatic nitrogens is 1. The Morgan fingerprint density at radius 3 is 2.47 bits per heavy atom. The SMILES string of the molecule is CC(C)Cc1nc(C2CCC2)sc1CNC(C)(C)C. The fourth-order valence-corrected chi connectivity index (χ4v) is 3.46. The minimum absolute atomic E-state index is 0.176. The first-order valence-corrected chi connectivity index (χ1v) is 8.40. The van der Waals surface area contributed by atoms with E-state index in [9.17, 15) is 0 Å². The Kier molecular flexibility index (Phi) is 4.67. The van der Waals surface area contributed by atoms with Crippen LogP contribution in [0.5, 0.6) is 0 Å². The quantitative estimate of drug-likeness (QED) is 0.859. The molecule has 1 heterocycles. The third kappa shape index (κ3) is 4.28. The van der Waals surface area contributed by atoms with E-state index in [0.29, 0.717) is 5.92 Å². The second-order valence-corrected chi connectivity index (χ2v) is 8.37. The maximum absolute atomic E-state index is 4.95. The van der Waals surface area contributed by atoms with Gasteiger partial charge in [-0.15, -0.1) is 11.3 Å². The van der Waals surface area contributed by atoms with Gasteiger partial charge in [-0.05, 0) is 46.0 Å². The topological polar surface area (TPSA) is 24.9 Å². The highest BCUT2D eigenvalue weighted by Crippen LogP contribution is 2.39. The van der Waals surface area contributed by atoms with Gasteiger partial charge in [0.05, 0.1) is 10.7 Å². The molecule has 2 rings (SSSR count). The zero-order valence-electron chi connectivity index (χ0n) is 13.0. The van der Waals surface area contributed by atoms with Crippen LogP contribution in [0, 0.1) is 5.92 Å². The van der Waals surface area contributed by atoms with E-state index < -0.39 is 0 Å². The van der Waals surface area contributed by atoms with Crippen molar-refractivity contribution in [2.24, 2.45) is 5.92 Å². The molecule has 19 heavy (non-hydrogen) atoms. The number of hydrogen-bond donors (Lipinski definition) is 1. The van der Waals surface area contributed by atoms with Crippen molar-refractivity contribution in [1.29, 1.82) is 0 Å². The van der Waals surface area contributed by atoms with Gasteiger partial charge in [0.1, 0.15) is 0 Å². The molecule has 1 saturated carbocycles. The van der Waals surface area contributed by atoms with E-state index in [1.807, 2.05) is 11.3 Å². The van der Waals surface area contributed by atoms with E-state index in [-0.39, 0.29) is 5.54 Å². The van der Waals surface area contributed by atoms with Crippen molar-refractivity contribution >= 4 is 11.3 Å². The summed E-state index contributed by atoms with van der Waals surface area (Å²) in [6.45, 7) is 12.2. The second kappa shape index (κ2) is 5.92. The van der Waals surface area contributed by atoms with Gasteiger partial charge in [-0.2, -0.15) is 0 Å². The molecule has 0 radical (unpaired) electrons. The fraction of sp³-hybridized carbons (Fsp3) is 0.812. The Balaban J connectivity index is 2.11. The monoisotopic (exact) mass is 280 g/mol. The van der Waals surface area contributed by atoms with Gasteiger partial charge in [0.2, 0.25) is 0 Å². The van der Waals surface area contributed by atoms with Crippen LogP contribution in [0.1, 0.15) is 75.4 Å². The van der Waals surface area contributed by atoms with Gasteiger partial charge < -0.3 is 5.32 Å². The summed E-state index contributed by atoms with van der Waals surface area (Å²) in [5.41, 5.74) is 1.52. The standard InChI is InChI=1S/C16H28N2S/c1-11(2)9-13-14(10-17-16(3,4)5)19-15(18-13)12-7-6-8-12/h11-12,17H,6-10H2,1-5H3. The van der Waals surface area contributed by atoms with Gasteiger partial charge in [0.15, 0.2) is 0 Å². The van der Waals surface area contributed by atoms with E-state index in [2.05, 4.69) is 39.9 Å². The molecule has 1 aromatic heterocycles. The molecule has 1 aliphatic rings. The molecular weight excluding hydrogens is 252 g/mol. The lowest BCUT2D eigenvalue weighted by Gasteiger charge is -2.22. The number of rotatable bonds is 5. The summed E-state index contributed by atoms with van der Waals surface area (Å²) >= 11 is 1.95. The summed E-state index contributed by atoms with van der Waals surface area (Å²) in [4.78, 5) is 6.41. The summed E-state index contributed by atoms with van der Waals surface area (Å²) in [7, 11) is 0. The second-order valence-electron chi connectivity index (χ2n) is 7.25. The number of thiazole rings is 1. The molecule has 0 unspecified atom stereocenters. The van der Waals surface area contributed by atoms with Gasteiger partial charge >= 0.3 is 0 Å². The molecular formula is C16H28N2S. The molecule has 1 aliphatic carbocycles. The van der Waals surface area contributed by atoms with Crippen molar-refractivity contribution < 1.29 is 0 Å². The fourth-order valence-electron chi connectivity index (χ4n) is 2.26. The van der Waals surface area contributed by atoms with Crippen LogP contribution in [0.3, 0.4) is 0 Å². The van der Waals surface area contributed by atoms with Crippen LogP contribution in [0.25, 0.3) is 0 Å². The Morgan fingerprint density at radius 1 is 1.32 bits per heavy atom. The van der Waals surface area contributed by atoms with Gasteiger partial charge in [0.25, 0.3) is 0 Å². The van der Waals surface area contributed by atoms with Gasteiger partial charge in [-0.3, -0.25) is 0 Å². The van der Waals surface area contributed by atoms with E-state index in [1.54, 1.807) is 0 Å². The van der Waals surface area contributed by atoms with Crippen molar-refractivity contribution in [1.82, 2.24) is 10.3 Å². The first-order chi connectivity index (χ1) is 8.85. The zero-order chi connectivity index (χ0) is 14.0. The molecule has 0 spiro atoms. The van der Waals surface area contributed by atoms with Crippen LogP contribution in [-0.2, 0) is 13.0 Å². The van der Waals surface area contributed by atoms with Crippen LogP contribution in [0.2, 0.25) is 0 Å². The Bertz CT molecular complexity index is 411. The predicted molar refractivity (Wildman–Crippen MR) is 83.8 cm³/mol. The van der Waals surface area contributed by atoms with Crippen molar-refractivity contribution in [2.75, 3.05) is 0 Å². The Hall–Kier alpha value is -0.410. The molecule has 2 nitrogen and oxygen atoms in total. The average Bonchev–Trinajstić information content (AvgIpc) is 2.53. The lowest BCUT2D eigenvalue weighted by molar-refractivity contribution is 0.417. The van der Waals surface area contributed by atoms with Gasteiger partial charge in [-0.1, -0.05) is 20.3 Å². The first kappa shape index (κ1) is 15.0. The summed E-state index contributed by atoms with van der Waals surface area (Å²) < 4.78 is 0. The normalized spacial score (nSPS) is 16.9. The van der Waals surface area contributed by atoms with Crippen LogP contribution >= 0.6 is 11.3 Å². The molecule has 0 saturated heterocycles. The molecule has 1 fully saturated rings. The van der Waals surface area contributed by atoms with Crippen LogP contribution in [0.4, 0.5) is 0 Å². The van der Waals surface area contributed by atoms with E-state index >= 15 is 0 Å². The highest BCUT2D eigenvalue weighted by atomic mass is 32.1. The third-order valence-electron chi connectivity index (χ3n) is 3.63. The van der Waals surface area contributed by atoms with E-state index in [4.69, 9.17) is 4.98 Å². The molecule has 0 aliphatic heterocycles. The smallest absolute Gasteiger partial charge is 0.0962 e. The Labute approximate surface area is 122 Å². The Morgan fingerprint density at radius 2 is 2.00 bits per heavy atom. The minimum Gasteiger partial charge on any atom is -0.307 e. The molecule has 0 bridgehead atoms. The van der Waals surface area contributed by atoms with Crippen molar-refractivity contribution in [3.63, 3.8) is 0 Å². The largest absolute Gasteiger partial charge is 0.307 e. The summed E-state index contributed by atoms with van der Waals surface area (Å²) in [6, 6.07) is 0. The molecule has 1 N–H and O–H groups in total. The summed E-state index contributed by atoms with van der Waals surface area (Å²) in [5, 5.41) is 5.01. The molecule has 108 valence electrons. The molecule has 0 atom stereocenters. The highest BCUT2D eigenvalue weighted by molar-refractivity contribution is 7.11. The summed E-state index contributed by atoms with van der Waals surface area (Å²) in [6.07, 6.45) is 5.20. The van der Waals surface area contributed by atoms with Crippen molar-refractivity contribution in [3.05, 3.63) is 15.6 Å². The van der Waals surface area contributed by atoms with Crippen molar-refractivity contribution in [3.8, 4) is 0 Å². The number of nitrogens with zero attached hydrogens (tertiary/aromatic N) is 1. The van der Waals surface area contributed by atoms with Crippen LogP contribution < -0.4 is 5.32 Å². The van der Waals surface area contributed by atoms with Gasteiger partial charge in [0, 0.05) is 22.9 Å². The molecule has 1 aromatic rings. The zero-order valence-corrected chi connectivity index (χ0v) is 13.9. The maximum Gasteiger partial charge on any atom is 0.0962 e. The summed E-state index contributed by atoms with van der Waals surface area (Å²) in [5.74, 6) is 1.45. The lowest BCUT2D eigenvalue weighted by Crippen LogP contribution is -2.35. The van der Waals surface area contributed by atoms with Gasteiger partial charge in [-0.25, -0.2) is 4.98 Å². The number of hydrogen-bond acceptors (Lipinski definition) is 3. The molecule has 0 amide bonds. The van der Waals surface area contributed by atoms with E-state index in [0.717, 1.165) is 18.9 Å². The van der Waals surface area contributed by atoms with Crippen LogP contribution in [0.15, 0.2) is 0 Å². The minimum atomic E-state index is 0.176. The number of nitrogens with one attached hydrogen (secondary N) is 1. The molecule has 3 heteroatoms. The molecule has 0 aromatic carbocycles. The first-order valence-electron chi connectivity index (χ1n) is 7.58. The van der Waals surface area contributed by atoms with Crippen LogP contribution in [-0.4, -0.2) is 10.5 Å². The van der Waals surface area contributed by atoms with E-state index in [1.165, 1.54) is 34.8 Å². The van der Waals surface area contributed by atoms with Crippen molar-refractivity contribution in [2.45, 2.75) is 78.3 Å². The third-order valence-corrected chi connectivity index (χ3v) is 4.89. The highest BCUT2D eigenvalue weighted by Gasteiger charge is 2.25. The average molecular weight is 280 g/mol. The lowest BCUT2D eigenvalue weighted by atomic mass is 9.86. The maximum atomic E-state index is 4.95. The predicted octanol–water partition coefficient (Wildman–Crippen LogP) is 4.50.